The van der Waals surface area contributed by atoms with Gasteiger partial charge in [-0.1, -0.05) is 0 Å². The predicted octanol–water partition coefficient (Wildman–Crippen LogP) is 0.426. The van der Waals surface area contributed by atoms with Crippen LogP contribution in [0.4, 0.5) is 5.82 Å². The molecule has 0 saturated heterocycles. The van der Waals surface area contributed by atoms with Crippen LogP contribution in [0.2, 0.25) is 0 Å². The van der Waals surface area contributed by atoms with Gasteiger partial charge in [-0.3, -0.25) is 9.79 Å². The molecule has 0 spiro atoms. The Labute approximate surface area is 82.5 Å². The first-order valence-electron chi connectivity index (χ1n) is 4.13. The topological polar surface area (TPSA) is 58.5 Å². The number of anilines is 1. The maximum absolute atomic E-state index is 10.6. The molecule has 5 heteroatoms. The van der Waals surface area contributed by atoms with E-state index in [-0.39, 0.29) is 0 Å². The van der Waals surface area contributed by atoms with Crippen LogP contribution in [0.1, 0.15) is 11.4 Å². The van der Waals surface area contributed by atoms with Crippen LogP contribution in [0.5, 0.6) is 0 Å². The zero-order valence-corrected chi connectivity index (χ0v) is 8.43. The monoisotopic (exact) mass is 192 g/mol. The van der Waals surface area contributed by atoms with Gasteiger partial charge in [-0.25, -0.2) is 9.97 Å². The van der Waals surface area contributed by atoms with Gasteiger partial charge in [0.1, 0.15) is 11.6 Å². The summed E-state index contributed by atoms with van der Waals surface area (Å²) in [6, 6.07) is 0. The predicted molar refractivity (Wildman–Crippen MR) is 54.8 cm³/mol. The number of nitrogens with zero attached hydrogens (tertiary/aromatic N) is 4. The molecule has 0 aliphatic rings. The van der Waals surface area contributed by atoms with Crippen LogP contribution in [-0.4, -0.2) is 36.7 Å². The lowest BCUT2D eigenvalue weighted by molar-refractivity contribution is -0.107. The number of aromatic nitrogens is 2. The van der Waals surface area contributed by atoms with Crippen molar-refractivity contribution in [3.63, 3.8) is 0 Å². The summed E-state index contributed by atoms with van der Waals surface area (Å²) in [5.74, 6) is 1.19. The van der Waals surface area contributed by atoms with Crippen LogP contribution in [0.3, 0.4) is 0 Å². The minimum Gasteiger partial charge on any atom is -0.302 e. The normalized spacial score (nSPS) is 10.5. The molecule has 0 aliphatic carbocycles. The molecule has 1 aromatic heterocycles. The standard InChI is InChI=1S/C9H12N4O/c1-7-11-5-8(4-10-2)9(12-7)13(3)6-14/h4-6H,1-3H3. The molecule has 1 aromatic rings. The van der Waals surface area contributed by atoms with Crippen molar-refractivity contribution in [2.45, 2.75) is 6.92 Å². The van der Waals surface area contributed by atoms with Crippen LogP contribution in [0, 0.1) is 6.92 Å². The first-order valence-corrected chi connectivity index (χ1v) is 4.13. The lowest BCUT2D eigenvalue weighted by Crippen LogP contribution is -2.18. The second-order valence-corrected chi connectivity index (χ2v) is 2.80. The Hall–Kier alpha value is -1.78. The van der Waals surface area contributed by atoms with E-state index in [0.717, 1.165) is 5.56 Å². The summed E-state index contributed by atoms with van der Waals surface area (Å²) in [4.78, 5) is 24.0. The third-order valence-electron chi connectivity index (χ3n) is 1.68. The largest absolute Gasteiger partial charge is 0.302 e. The van der Waals surface area contributed by atoms with Crippen LogP contribution in [0.25, 0.3) is 0 Å². The molecule has 5 nitrogen and oxygen atoms in total. The van der Waals surface area contributed by atoms with Crippen molar-refractivity contribution in [2.75, 3.05) is 19.0 Å². The number of hydrogen-bond donors (Lipinski definition) is 0. The molecule has 1 heterocycles. The maximum atomic E-state index is 10.6. The lowest BCUT2D eigenvalue weighted by atomic mass is 10.3. The van der Waals surface area contributed by atoms with Gasteiger partial charge < -0.3 is 4.90 Å². The van der Waals surface area contributed by atoms with Crippen LogP contribution < -0.4 is 4.90 Å². The average Bonchev–Trinajstić information content (AvgIpc) is 2.20. The van der Waals surface area contributed by atoms with E-state index in [0.29, 0.717) is 18.1 Å². The van der Waals surface area contributed by atoms with E-state index in [1.54, 1.807) is 33.4 Å². The molecule has 0 unspecified atom stereocenters. The van der Waals surface area contributed by atoms with Gasteiger partial charge in [0.25, 0.3) is 0 Å². The van der Waals surface area contributed by atoms with E-state index in [1.807, 2.05) is 0 Å². The highest BCUT2D eigenvalue weighted by atomic mass is 16.1. The fourth-order valence-electron chi connectivity index (χ4n) is 1.03. The second kappa shape index (κ2) is 4.45. The van der Waals surface area contributed by atoms with Crippen molar-refractivity contribution >= 4 is 18.4 Å². The van der Waals surface area contributed by atoms with Gasteiger partial charge in [0.15, 0.2) is 0 Å². The molecule has 0 saturated carbocycles. The molecule has 0 bridgehead atoms. The van der Waals surface area contributed by atoms with Crippen molar-refractivity contribution in [2.24, 2.45) is 4.99 Å². The van der Waals surface area contributed by atoms with Gasteiger partial charge in [0, 0.05) is 26.5 Å². The minimum atomic E-state index is 0.568. The molecule has 0 N–H and O–H groups in total. The van der Waals surface area contributed by atoms with E-state index in [1.165, 1.54) is 4.90 Å². The van der Waals surface area contributed by atoms with Crippen molar-refractivity contribution < 1.29 is 4.79 Å². The number of aliphatic imine (C=N–C) groups is 1. The van der Waals surface area contributed by atoms with Gasteiger partial charge in [0.05, 0.1) is 5.56 Å². The molecule has 1 rings (SSSR count). The summed E-state index contributed by atoms with van der Waals surface area (Å²) in [5, 5.41) is 0. The van der Waals surface area contributed by atoms with Gasteiger partial charge >= 0.3 is 0 Å². The molecular weight excluding hydrogens is 180 g/mol. The molecule has 0 aliphatic heterocycles. The third-order valence-corrected chi connectivity index (χ3v) is 1.68. The Morgan fingerprint density at radius 1 is 1.57 bits per heavy atom. The molecule has 0 radical (unpaired) electrons. The molecule has 0 aromatic carbocycles. The Morgan fingerprint density at radius 2 is 2.29 bits per heavy atom. The van der Waals surface area contributed by atoms with Crippen molar-refractivity contribution in [1.82, 2.24) is 9.97 Å². The Kier molecular flexibility index (Phi) is 3.28. The van der Waals surface area contributed by atoms with Crippen molar-refractivity contribution in [1.29, 1.82) is 0 Å². The third kappa shape index (κ3) is 2.12. The number of hydrogen-bond acceptors (Lipinski definition) is 4. The summed E-state index contributed by atoms with van der Waals surface area (Å²) in [6.45, 7) is 1.77. The zero-order valence-electron chi connectivity index (χ0n) is 8.43. The lowest BCUT2D eigenvalue weighted by Gasteiger charge is -2.12. The first kappa shape index (κ1) is 10.3. The van der Waals surface area contributed by atoms with Crippen LogP contribution >= 0.6 is 0 Å². The van der Waals surface area contributed by atoms with Crippen LogP contribution in [-0.2, 0) is 4.79 Å². The van der Waals surface area contributed by atoms with E-state index in [2.05, 4.69) is 15.0 Å². The number of carbonyl (C=O) groups excluding carboxylic acids is 1. The summed E-state index contributed by atoms with van der Waals surface area (Å²) >= 11 is 0. The number of amides is 1. The van der Waals surface area contributed by atoms with Crippen molar-refractivity contribution in [3.8, 4) is 0 Å². The van der Waals surface area contributed by atoms with Gasteiger partial charge in [-0.2, -0.15) is 0 Å². The van der Waals surface area contributed by atoms with E-state index >= 15 is 0 Å². The molecule has 74 valence electrons. The minimum absolute atomic E-state index is 0.568. The highest BCUT2D eigenvalue weighted by Gasteiger charge is 2.07. The number of aryl methyl sites for hydroxylation is 1. The zero-order chi connectivity index (χ0) is 10.6. The van der Waals surface area contributed by atoms with Gasteiger partial charge in [-0.05, 0) is 6.92 Å². The summed E-state index contributed by atoms with van der Waals surface area (Å²) in [7, 11) is 3.30. The highest BCUT2D eigenvalue weighted by Crippen LogP contribution is 2.12. The van der Waals surface area contributed by atoms with Crippen molar-refractivity contribution in [3.05, 3.63) is 17.6 Å². The maximum Gasteiger partial charge on any atom is 0.215 e. The van der Waals surface area contributed by atoms with Gasteiger partial charge in [-0.15, -0.1) is 0 Å². The average molecular weight is 192 g/mol. The fourth-order valence-corrected chi connectivity index (χ4v) is 1.03. The number of rotatable bonds is 3. The fraction of sp³-hybridized carbons (Fsp3) is 0.333. The Balaban J connectivity index is 3.21. The smallest absolute Gasteiger partial charge is 0.215 e. The molecule has 14 heavy (non-hydrogen) atoms. The van der Waals surface area contributed by atoms with E-state index < -0.39 is 0 Å². The molecule has 0 atom stereocenters. The van der Waals surface area contributed by atoms with E-state index in [9.17, 15) is 4.79 Å². The van der Waals surface area contributed by atoms with Crippen LogP contribution in [0.15, 0.2) is 11.2 Å². The molecule has 1 amide bonds. The quantitative estimate of drug-likeness (QED) is 0.515. The Morgan fingerprint density at radius 3 is 2.86 bits per heavy atom. The second-order valence-electron chi connectivity index (χ2n) is 2.80. The SMILES string of the molecule is CN=Cc1cnc(C)nc1N(C)C=O. The molecular formula is C9H12N4O. The summed E-state index contributed by atoms with van der Waals surface area (Å²) in [5.41, 5.74) is 0.729. The molecule has 0 fully saturated rings. The Bertz CT molecular complexity index is 362. The first-order chi connectivity index (χ1) is 6.69. The van der Waals surface area contributed by atoms with Gasteiger partial charge in [0.2, 0.25) is 6.41 Å². The summed E-state index contributed by atoms with van der Waals surface area (Å²) < 4.78 is 0. The summed E-state index contributed by atoms with van der Waals surface area (Å²) in [6.07, 6.45) is 3.97. The number of carbonyl (C=O) groups is 1. The van der Waals surface area contributed by atoms with E-state index in [4.69, 9.17) is 0 Å². The highest BCUT2D eigenvalue weighted by molar-refractivity contribution is 5.89.